The SMILES string of the molecule is Cc1ccc2c(sc3cc4c(cc32)-c2ccccc2[Si]4(C)C)c1-c1n(-c2c(C(C)C)cccc2C(C)C)c2ccccc2[n+]1C. The van der Waals surface area contributed by atoms with Gasteiger partial charge in [-0.2, -0.15) is 4.57 Å². The van der Waals surface area contributed by atoms with Crippen LogP contribution < -0.4 is 14.9 Å². The highest BCUT2D eigenvalue weighted by Gasteiger charge is 2.38. The average Bonchev–Trinajstić information content (AvgIpc) is 3.61. The normalized spacial score (nSPS) is 13.9. The second kappa shape index (κ2) is 10.0. The van der Waals surface area contributed by atoms with Gasteiger partial charge >= 0.3 is 0 Å². The smallest absolute Gasteiger partial charge is 0.225 e. The van der Waals surface area contributed by atoms with Crippen molar-refractivity contribution in [3.05, 3.63) is 108 Å². The van der Waals surface area contributed by atoms with Crippen molar-refractivity contribution in [2.75, 3.05) is 0 Å². The Balaban J connectivity index is 1.50. The first-order valence-electron chi connectivity index (χ1n) is 16.3. The number of para-hydroxylation sites is 3. The van der Waals surface area contributed by atoms with Crippen molar-refractivity contribution in [3.63, 3.8) is 0 Å². The van der Waals surface area contributed by atoms with Crippen molar-refractivity contribution in [3.8, 4) is 28.2 Å². The molecule has 2 nitrogen and oxygen atoms in total. The van der Waals surface area contributed by atoms with E-state index in [1.807, 2.05) is 11.3 Å². The number of fused-ring (bicyclic) bond motifs is 7. The predicted molar refractivity (Wildman–Crippen MR) is 198 cm³/mol. The number of aryl methyl sites for hydroxylation is 2. The van der Waals surface area contributed by atoms with Crippen LogP contribution in [0.1, 0.15) is 56.2 Å². The fourth-order valence-electron chi connectivity index (χ4n) is 8.00. The second-order valence-electron chi connectivity index (χ2n) is 14.1. The Labute approximate surface area is 271 Å². The van der Waals surface area contributed by atoms with Gasteiger partial charge in [-0.15, -0.1) is 11.3 Å². The summed E-state index contributed by atoms with van der Waals surface area (Å²) in [6.07, 6.45) is 0. The van der Waals surface area contributed by atoms with Crippen molar-refractivity contribution in [1.82, 2.24) is 4.57 Å². The van der Waals surface area contributed by atoms with Gasteiger partial charge in [0.1, 0.15) is 13.8 Å². The Morgan fingerprint density at radius 2 is 1.40 bits per heavy atom. The molecule has 0 amide bonds. The summed E-state index contributed by atoms with van der Waals surface area (Å²) in [4.78, 5) is 0. The molecular formula is C41H41N2SSi+. The molecule has 224 valence electrons. The molecule has 3 heterocycles. The summed E-state index contributed by atoms with van der Waals surface area (Å²) >= 11 is 1.98. The van der Waals surface area contributed by atoms with Crippen LogP contribution in [0.3, 0.4) is 0 Å². The molecular weight excluding hydrogens is 581 g/mol. The Hall–Kier alpha value is -3.99. The zero-order valence-corrected chi connectivity index (χ0v) is 29.4. The molecule has 7 aromatic rings. The third-order valence-electron chi connectivity index (χ3n) is 10.4. The summed E-state index contributed by atoms with van der Waals surface area (Å²) in [5.74, 6) is 2.06. The summed E-state index contributed by atoms with van der Waals surface area (Å²) < 4.78 is 7.82. The number of thiophene rings is 1. The standard InChI is InChI=1S/C41H41N2SSi/c1-24(2)27-15-13-16-28(25(3)4)39(27)43-34-18-11-10-17-33(34)42(6)41(43)38-26(5)20-21-30-31-22-32-29-14-9-12-19-36(29)45(7,8)37(32)23-35(31)44-40(30)38/h9-25H,1-8H3/q+1. The Bertz CT molecular complexity index is 2310. The van der Waals surface area contributed by atoms with Gasteiger partial charge in [0.25, 0.3) is 5.82 Å². The van der Waals surface area contributed by atoms with Gasteiger partial charge in [-0.25, -0.2) is 4.57 Å². The highest BCUT2D eigenvalue weighted by molar-refractivity contribution is 7.26. The van der Waals surface area contributed by atoms with Gasteiger partial charge in [0.15, 0.2) is 11.0 Å². The van der Waals surface area contributed by atoms with Gasteiger partial charge < -0.3 is 0 Å². The maximum absolute atomic E-state index is 2.60. The van der Waals surface area contributed by atoms with Crippen LogP contribution in [-0.2, 0) is 7.05 Å². The van der Waals surface area contributed by atoms with Gasteiger partial charge in [0, 0.05) is 26.6 Å². The highest BCUT2D eigenvalue weighted by atomic mass is 32.1. The number of benzene rings is 5. The average molecular weight is 622 g/mol. The number of hydrogen-bond donors (Lipinski definition) is 0. The van der Waals surface area contributed by atoms with Crippen molar-refractivity contribution >= 4 is 61.0 Å². The molecule has 8 rings (SSSR count). The molecule has 0 fully saturated rings. The summed E-state index contributed by atoms with van der Waals surface area (Å²) in [6, 6.07) is 34.8. The van der Waals surface area contributed by atoms with Crippen molar-refractivity contribution in [2.45, 2.75) is 59.5 Å². The van der Waals surface area contributed by atoms with Crippen LogP contribution in [0.5, 0.6) is 0 Å². The van der Waals surface area contributed by atoms with E-state index in [4.69, 9.17) is 0 Å². The first-order chi connectivity index (χ1) is 21.6. The maximum Gasteiger partial charge on any atom is 0.296 e. The van der Waals surface area contributed by atoms with E-state index in [0.29, 0.717) is 11.8 Å². The maximum atomic E-state index is 2.60. The molecule has 1 aliphatic rings. The topological polar surface area (TPSA) is 8.81 Å². The van der Waals surface area contributed by atoms with Crippen molar-refractivity contribution < 1.29 is 4.57 Å². The van der Waals surface area contributed by atoms with Gasteiger partial charge in [-0.1, -0.05) is 108 Å². The highest BCUT2D eigenvalue weighted by Crippen LogP contribution is 2.45. The van der Waals surface area contributed by atoms with E-state index < -0.39 is 8.07 Å². The lowest BCUT2D eigenvalue weighted by atomic mass is 9.92. The van der Waals surface area contributed by atoms with Crippen LogP contribution in [0.25, 0.3) is 59.4 Å². The van der Waals surface area contributed by atoms with Crippen LogP contribution in [0.15, 0.2) is 91.0 Å². The van der Waals surface area contributed by atoms with Crippen molar-refractivity contribution in [2.24, 2.45) is 7.05 Å². The Kier molecular flexibility index (Phi) is 6.33. The summed E-state index contributed by atoms with van der Waals surface area (Å²) in [5, 5.41) is 5.89. The minimum Gasteiger partial charge on any atom is -0.225 e. The van der Waals surface area contributed by atoms with Crippen LogP contribution >= 0.6 is 11.3 Å². The second-order valence-corrected chi connectivity index (χ2v) is 19.5. The molecule has 0 saturated heterocycles. The zero-order chi connectivity index (χ0) is 31.4. The number of nitrogens with zero attached hydrogens (tertiary/aromatic N) is 2. The molecule has 0 radical (unpaired) electrons. The molecule has 0 aliphatic carbocycles. The molecule has 0 unspecified atom stereocenters. The van der Waals surface area contributed by atoms with Gasteiger partial charge in [0.2, 0.25) is 0 Å². The fraction of sp³-hybridized carbons (Fsp3) is 0.244. The minimum atomic E-state index is -1.76. The van der Waals surface area contributed by atoms with E-state index in [2.05, 4.69) is 155 Å². The largest absolute Gasteiger partial charge is 0.296 e. The van der Waals surface area contributed by atoms with Crippen LogP contribution in [0, 0.1) is 6.92 Å². The fourth-order valence-corrected chi connectivity index (χ4v) is 12.5. The molecule has 5 aromatic carbocycles. The van der Waals surface area contributed by atoms with Crippen molar-refractivity contribution in [1.29, 1.82) is 0 Å². The summed E-state index contributed by atoms with van der Waals surface area (Å²) in [7, 11) is 0.500. The number of aromatic nitrogens is 2. The molecule has 1 aliphatic heterocycles. The van der Waals surface area contributed by atoms with E-state index in [9.17, 15) is 0 Å². The third kappa shape index (κ3) is 3.95. The molecule has 0 saturated carbocycles. The molecule has 4 heteroatoms. The Morgan fingerprint density at radius 1 is 0.711 bits per heavy atom. The van der Waals surface area contributed by atoms with Gasteiger partial charge in [0.05, 0.1) is 17.3 Å². The van der Waals surface area contributed by atoms with Crippen LogP contribution in [0.4, 0.5) is 0 Å². The number of rotatable bonds is 4. The number of hydrogen-bond acceptors (Lipinski definition) is 1. The molecule has 0 N–H and O–H groups in total. The monoisotopic (exact) mass is 621 g/mol. The van der Waals surface area contributed by atoms with E-state index in [1.165, 1.54) is 76.1 Å². The molecule has 2 aromatic heterocycles. The van der Waals surface area contributed by atoms with E-state index in [-0.39, 0.29) is 0 Å². The summed E-state index contributed by atoms with van der Waals surface area (Å²) in [5.41, 5.74) is 12.2. The Morgan fingerprint density at radius 3 is 2.13 bits per heavy atom. The lowest BCUT2D eigenvalue weighted by Crippen LogP contribution is -2.49. The van der Waals surface area contributed by atoms with E-state index >= 15 is 0 Å². The summed E-state index contributed by atoms with van der Waals surface area (Å²) in [6.45, 7) is 16.6. The third-order valence-corrected chi connectivity index (χ3v) is 15.1. The zero-order valence-electron chi connectivity index (χ0n) is 27.6. The van der Waals surface area contributed by atoms with Crippen LogP contribution in [0.2, 0.25) is 13.1 Å². The lowest BCUT2D eigenvalue weighted by Gasteiger charge is -2.18. The molecule has 0 spiro atoms. The van der Waals surface area contributed by atoms with E-state index in [1.54, 1.807) is 10.4 Å². The van der Waals surface area contributed by atoms with Gasteiger partial charge in [-0.3, -0.25) is 0 Å². The quantitative estimate of drug-likeness (QED) is 0.137. The first kappa shape index (κ1) is 28.5. The predicted octanol–water partition coefficient (Wildman–Crippen LogP) is 9.85. The van der Waals surface area contributed by atoms with Crippen LogP contribution in [-0.4, -0.2) is 12.6 Å². The minimum absolute atomic E-state index is 0.400. The van der Waals surface area contributed by atoms with Gasteiger partial charge in [-0.05, 0) is 70.1 Å². The number of imidazole rings is 1. The lowest BCUT2D eigenvalue weighted by molar-refractivity contribution is -0.633. The molecule has 0 atom stereocenters. The van der Waals surface area contributed by atoms with E-state index in [0.717, 1.165) is 0 Å². The molecule has 0 bridgehead atoms. The first-order valence-corrected chi connectivity index (χ1v) is 20.1. The molecule has 45 heavy (non-hydrogen) atoms.